The van der Waals surface area contributed by atoms with E-state index in [1.54, 1.807) is 6.33 Å². The number of nitriles is 1. The van der Waals surface area contributed by atoms with Gasteiger partial charge in [0, 0.05) is 56.9 Å². The van der Waals surface area contributed by atoms with Crippen LogP contribution in [-0.2, 0) is 13.0 Å². The molecule has 0 radical (unpaired) electrons. The average Bonchev–Trinajstić information content (AvgIpc) is 2.94. The third kappa shape index (κ3) is 3.35. The molecule has 26 heavy (non-hydrogen) atoms. The fourth-order valence-corrected chi connectivity index (χ4v) is 3.87. The van der Waals surface area contributed by atoms with E-state index in [9.17, 15) is 0 Å². The average molecular weight is 348 g/mol. The van der Waals surface area contributed by atoms with Gasteiger partial charge in [0.25, 0.3) is 0 Å². The molecule has 0 N–H and O–H groups in total. The van der Waals surface area contributed by atoms with Crippen LogP contribution < -0.4 is 9.80 Å². The number of aromatic nitrogens is 2. The van der Waals surface area contributed by atoms with Gasteiger partial charge in [-0.2, -0.15) is 5.26 Å². The van der Waals surface area contributed by atoms with Gasteiger partial charge in [0.1, 0.15) is 12.1 Å². The number of hydrogen-bond donors (Lipinski definition) is 0. The van der Waals surface area contributed by atoms with Crippen LogP contribution in [0.4, 0.5) is 11.5 Å². The molecule has 0 bridgehead atoms. The third-order valence-corrected chi connectivity index (χ3v) is 5.33. The first-order valence-corrected chi connectivity index (χ1v) is 9.26. The van der Waals surface area contributed by atoms with Crippen LogP contribution in [0.3, 0.4) is 0 Å². The second-order valence-corrected chi connectivity index (χ2v) is 7.10. The van der Waals surface area contributed by atoms with Gasteiger partial charge in [-0.1, -0.05) is 0 Å². The molecule has 0 spiro atoms. The molecule has 2 aliphatic heterocycles. The van der Waals surface area contributed by atoms with Crippen molar-refractivity contribution in [2.24, 2.45) is 0 Å². The predicted molar refractivity (Wildman–Crippen MR) is 102 cm³/mol. The highest BCUT2D eigenvalue weighted by Crippen LogP contribution is 2.26. The molecule has 1 aromatic carbocycles. The van der Waals surface area contributed by atoms with E-state index in [1.165, 1.54) is 16.9 Å². The Balaban J connectivity index is 1.51. The van der Waals surface area contributed by atoms with Gasteiger partial charge in [-0.3, -0.25) is 0 Å². The minimum Gasteiger partial charge on any atom is -0.370 e. The number of anilines is 2. The molecule has 3 heterocycles. The first-order chi connectivity index (χ1) is 12.7. The Kier molecular flexibility index (Phi) is 4.72. The van der Waals surface area contributed by atoms with Gasteiger partial charge in [-0.25, -0.2) is 9.97 Å². The molecule has 1 saturated heterocycles. The van der Waals surface area contributed by atoms with Crippen molar-refractivity contribution < 1.29 is 0 Å². The number of rotatable bonds is 2. The highest BCUT2D eigenvalue weighted by molar-refractivity contribution is 5.53. The maximum absolute atomic E-state index is 8.97. The monoisotopic (exact) mass is 348 g/mol. The first kappa shape index (κ1) is 16.8. The molecule has 6 nitrogen and oxygen atoms in total. The maximum Gasteiger partial charge on any atom is 0.136 e. The molecule has 0 unspecified atom stereocenters. The second kappa shape index (κ2) is 7.30. The lowest BCUT2D eigenvalue weighted by Gasteiger charge is -2.30. The predicted octanol–water partition coefficient (Wildman–Crippen LogP) is 2.05. The van der Waals surface area contributed by atoms with Crippen LogP contribution in [0, 0.1) is 11.3 Å². The van der Waals surface area contributed by atoms with Gasteiger partial charge >= 0.3 is 0 Å². The normalized spacial score (nSPS) is 18.2. The van der Waals surface area contributed by atoms with Crippen LogP contribution in [0.15, 0.2) is 30.6 Å². The van der Waals surface area contributed by atoms with Crippen LogP contribution in [0.2, 0.25) is 0 Å². The molecule has 0 amide bonds. The molecule has 2 aliphatic rings. The third-order valence-electron chi connectivity index (χ3n) is 5.33. The summed E-state index contributed by atoms with van der Waals surface area (Å²) >= 11 is 0. The Bertz CT molecular complexity index is 810. The number of likely N-dealkylation sites (N-methyl/N-ethyl adjacent to an activating group) is 1. The van der Waals surface area contributed by atoms with Crippen molar-refractivity contribution in [1.82, 2.24) is 14.9 Å². The standard InChI is InChI=1S/C20H24N6/c1-24-10-7-19-18(14-24)20(23-15-22-19)26-9-2-8-25(11-12-26)17-5-3-16(13-21)4-6-17/h3-6,15H,2,7-12,14H2,1H3. The SMILES string of the molecule is CN1CCc2ncnc(N3CCCN(c4ccc(C#N)cc4)CC3)c2C1. The molecule has 0 atom stereocenters. The molecule has 2 aromatic rings. The van der Waals surface area contributed by atoms with E-state index in [-0.39, 0.29) is 0 Å². The van der Waals surface area contributed by atoms with Crippen molar-refractivity contribution in [2.45, 2.75) is 19.4 Å². The molecule has 134 valence electrons. The van der Waals surface area contributed by atoms with Crippen LogP contribution in [0.5, 0.6) is 0 Å². The van der Waals surface area contributed by atoms with Crippen LogP contribution in [-0.4, -0.2) is 54.6 Å². The lowest BCUT2D eigenvalue weighted by atomic mass is 10.1. The molecule has 4 rings (SSSR count). The van der Waals surface area contributed by atoms with E-state index in [0.717, 1.165) is 57.9 Å². The minimum atomic E-state index is 0.710. The summed E-state index contributed by atoms with van der Waals surface area (Å²) in [6.07, 6.45) is 3.82. The van der Waals surface area contributed by atoms with Gasteiger partial charge < -0.3 is 14.7 Å². The van der Waals surface area contributed by atoms with E-state index >= 15 is 0 Å². The van der Waals surface area contributed by atoms with Crippen molar-refractivity contribution in [3.05, 3.63) is 47.4 Å². The zero-order valence-electron chi connectivity index (χ0n) is 15.2. The Morgan fingerprint density at radius 2 is 1.73 bits per heavy atom. The van der Waals surface area contributed by atoms with Crippen molar-refractivity contribution in [2.75, 3.05) is 49.6 Å². The van der Waals surface area contributed by atoms with E-state index in [0.29, 0.717) is 5.56 Å². The number of hydrogen-bond acceptors (Lipinski definition) is 6. The first-order valence-electron chi connectivity index (χ1n) is 9.26. The smallest absolute Gasteiger partial charge is 0.136 e. The zero-order valence-corrected chi connectivity index (χ0v) is 15.2. The topological polar surface area (TPSA) is 59.3 Å². The van der Waals surface area contributed by atoms with Gasteiger partial charge in [0.15, 0.2) is 0 Å². The van der Waals surface area contributed by atoms with Crippen LogP contribution in [0.1, 0.15) is 23.2 Å². The Morgan fingerprint density at radius 1 is 0.962 bits per heavy atom. The van der Waals surface area contributed by atoms with Gasteiger partial charge in [0.05, 0.1) is 17.3 Å². The summed E-state index contributed by atoms with van der Waals surface area (Å²) in [6.45, 7) is 5.94. The second-order valence-electron chi connectivity index (χ2n) is 7.10. The van der Waals surface area contributed by atoms with Gasteiger partial charge in [-0.05, 0) is 37.7 Å². The van der Waals surface area contributed by atoms with Gasteiger partial charge in [-0.15, -0.1) is 0 Å². The number of benzene rings is 1. The molecule has 0 saturated carbocycles. The van der Waals surface area contributed by atoms with Crippen molar-refractivity contribution in [1.29, 1.82) is 5.26 Å². The Labute approximate surface area is 154 Å². The molecule has 1 fully saturated rings. The van der Waals surface area contributed by atoms with Crippen molar-refractivity contribution >= 4 is 11.5 Å². The summed E-state index contributed by atoms with van der Waals surface area (Å²) in [7, 11) is 2.16. The van der Waals surface area contributed by atoms with Gasteiger partial charge in [0.2, 0.25) is 0 Å². The summed E-state index contributed by atoms with van der Waals surface area (Å²) in [5.74, 6) is 1.11. The highest BCUT2D eigenvalue weighted by Gasteiger charge is 2.24. The largest absolute Gasteiger partial charge is 0.370 e. The lowest BCUT2D eigenvalue weighted by Crippen LogP contribution is -2.34. The number of fused-ring (bicyclic) bond motifs is 1. The zero-order chi connectivity index (χ0) is 17.9. The summed E-state index contributed by atoms with van der Waals surface area (Å²) in [4.78, 5) is 16.3. The summed E-state index contributed by atoms with van der Waals surface area (Å²) in [5.41, 5.74) is 4.41. The number of nitrogens with zero attached hydrogens (tertiary/aromatic N) is 6. The lowest BCUT2D eigenvalue weighted by molar-refractivity contribution is 0.309. The molecule has 1 aromatic heterocycles. The molecular formula is C20H24N6. The minimum absolute atomic E-state index is 0.710. The highest BCUT2D eigenvalue weighted by atomic mass is 15.3. The van der Waals surface area contributed by atoms with Crippen molar-refractivity contribution in [3.8, 4) is 6.07 Å². The van der Waals surface area contributed by atoms with Crippen molar-refractivity contribution in [3.63, 3.8) is 0 Å². The Morgan fingerprint density at radius 3 is 2.54 bits per heavy atom. The molecule has 0 aliphatic carbocycles. The summed E-state index contributed by atoms with van der Waals surface area (Å²) < 4.78 is 0. The van der Waals surface area contributed by atoms with E-state index in [1.807, 2.05) is 12.1 Å². The van der Waals surface area contributed by atoms with E-state index < -0.39 is 0 Å². The van der Waals surface area contributed by atoms with Crippen LogP contribution in [0.25, 0.3) is 0 Å². The maximum atomic E-state index is 8.97. The fourth-order valence-electron chi connectivity index (χ4n) is 3.87. The summed E-state index contributed by atoms with van der Waals surface area (Å²) in [5, 5.41) is 8.97. The molecule has 6 heteroatoms. The summed E-state index contributed by atoms with van der Waals surface area (Å²) in [6, 6.07) is 10.1. The quantitative estimate of drug-likeness (QED) is 0.828. The molecular weight excluding hydrogens is 324 g/mol. The van der Waals surface area contributed by atoms with Crippen LogP contribution >= 0.6 is 0 Å². The van der Waals surface area contributed by atoms with E-state index in [4.69, 9.17) is 5.26 Å². The Hall–Kier alpha value is -2.65. The van der Waals surface area contributed by atoms with E-state index in [2.05, 4.69) is 49.9 Å². The fraction of sp³-hybridized carbons (Fsp3) is 0.450.